The van der Waals surface area contributed by atoms with Gasteiger partial charge < -0.3 is 15.0 Å². The number of piperidine rings is 1. The minimum atomic E-state index is 0.102. The first kappa shape index (κ1) is 19.0. The second kappa shape index (κ2) is 9.87. The Hall–Kier alpha value is -1.30. The Bertz CT molecular complexity index is 501. The number of halogens is 1. The van der Waals surface area contributed by atoms with Crippen LogP contribution in [0.5, 0.6) is 5.75 Å². The molecule has 1 N–H and O–H groups in total. The minimum Gasteiger partial charge on any atom is -0.492 e. The van der Waals surface area contributed by atoms with Crippen molar-refractivity contribution >= 4 is 17.5 Å². The molecule has 0 bridgehead atoms. The Morgan fingerprint density at radius 2 is 2.00 bits per heavy atom. The molecule has 0 atom stereocenters. The summed E-state index contributed by atoms with van der Waals surface area (Å²) in [4.78, 5) is 16.0. The molecule has 1 saturated heterocycles. The zero-order valence-electron chi connectivity index (χ0n) is 14.6. The largest absolute Gasteiger partial charge is 0.492 e. The monoisotopic (exact) mass is 353 g/mol. The topological polar surface area (TPSA) is 44.8 Å². The lowest BCUT2D eigenvalue weighted by molar-refractivity contribution is -0.122. The molecule has 1 amide bonds. The molecule has 5 nitrogen and oxygen atoms in total. The van der Waals surface area contributed by atoms with Crippen molar-refractivity contribution in [1.82, 2.24) is 15.1 Å². The van der Waals surface area contributed by atoms with Gasteiger partial charge in [0.1, 0.15) is 12.4 Å². The highest BCUT2D eigenvalue weighted by Gasteiger charge is 2.21. The number of rotatable bonds is 8. The van der Waals surface area contributed by atoms with Crippen molar-refractivity contribution in [3.63, 3.8) is 0 Å². The van der Waals surface area contributed by atoms with Crippen LogP contribution in [0.4, 0.5) is 0 Å². The number of hydrogen-bond acceptors (Lipinski definition) is 4. The summed E-state index contributed by atoms with van der Waals surface area (Å²) in [6.07, 6.45) is 2.30. The molecular weight excluding hydrogens is 326 g/mol. The minimum absolute atomic E-state index is 0.102. The van der Waals surface area contributed by atoms with Gasteiger partial charge in [0.15, 0.2) is 0 Å². The average Bonchev–Trinajstić information content (AvgIpc) is 2.58. The van der Waals surface area contributed by atoms with Crippen molar-refractivity contribution in [3.8, 4) is 5.75 Å². The Kier molecular flexibility index (Phi) is 7.82. The zero-order chi connectivity index (χ0) is 17.4. The quantitative estimate of drug-likeness (QED) is 0.777. The number of nitrogens with zero attached hydrogens (tertiary/aromatic N) is 2. The van der Waals surface area contributed by atoms with Crippen LogP contribution in [0.3, 0.4) is 0 Å². The molecule has 1 fully saturated rings. The van der Waals surface area contributed by atoms with E-state index in [0.717, 1.165) is 49.8 Å². The van der Waals surface area contributed by atoms with Gasteiger partial charge in [-0.25, -0.2) is 0 Å². The van der Waals surface area contributed by atoms with Crippen molar-refractivity contribution in [2.45, 2.75) is 12.8 Å². The maximum atomic E-state index is 11.4. The number of benzene rings is 1. The van der Waals surface area contributed by atoms with Gasteiger partial charge in [0.25, 0.3) is 0 Å². The molecule has 1 heterocycles. The molecule has 0 aromatic heterocycles. The number of hydrogen-bond donors (Lipinski definition) is 1. The summed E-state index contributed by atoms with van der Waals surface area (Å²) in [6, 6.07) is 7.47. The van der Waals surface area contributed by atoms with E-state index in [0.29, 0.717) is 19.1 Å². The molecule has 1 aliphatic rings. The molecule has 2 rings (SSSR count). The summed E-state index contributed by atoms with van der Waals surface area (Å²) < 4.78 is 5.74. The number of carbonyl (C=O) groups is 1. The smallest absolute Gasteiger partial charge is 0.233 e. The van der Waals surface area contributed by atoms with Gasteiger partial charge in [-0.1, -0.05) is 11.6 Å². The molecule has 1 aromatic carbocycles. The van der Waals surface area contributed by atoms with Crippen molar-refractivity contribution < 1.29 is 9.53 Å². The van der Waals surface area contributed by atoms with E-state index in [1.807, 2.05) is 24.3 Å². The molecule has 0 spiro atoms. The predicted octanol–water partition coefficient (Wildman–Crippen LogP) is 2.11. The van der Waals surface area contributed by atoms with E-state index in [1.54, 1.807) is 7.05 Å². The summed E-state index contributed by atoms with van der Waals surface area (Å²) in [5.74, 6) is 1.66. The highest BCUT2D eigenvalue weighted by atomic mass is 35.5. The normalized spacial score (nSPS) is 16.3. The fourth-order valence-corrected chi connectivity index (χ4v) is 3.12. The fourth-order valence-electron chi connectivity index (χ4n) is 2.99. The maximum Gasteiger partial charge on any atom is 0.233 e. The van der Waals surface area contributed by atoms with Crippen LogP contribution in [0.25, 0.3) is 0 Å². The van der Waals surface area contributed by atoms with Crippen LogP contribution < -0.4 is 10.1 Å². The number of ether oxygens (including phenoxy) is 1. The lowest BCUT2D eigenvalue weighted by atomic mass is 9.96. The van der Waals surface area contributed by atoms with Crippen LogP contribution in [-0.4, -0.2) is 69.1 Å². The summed E-state index contributed by atoms with van der Waals surface area (Å²) in [5, 5.41) is 3.41. The summed E-state index contributed by atoms with van der Waals surface area (Å²) in [6.45, 7) is 5.20. The van der Waals surface area contributed by atoms with Gasteiger partial charge >= 0.3 is 0 Å². The van der Waals surface area contributed by atoms with Crippen LogP contribution in [0.15, 0.2) is 24.3 Å². The second-order valence-corrected chi connectivity index (χ2v) is 6.89. The lowest BCUT2D eigenvalue weighted by Crippen LogP contribution is -2.42. The molecule has 24 heavy (non-hydrogen) atoms. The van der Waals surface area contributed by atoms with Gasteiger partial charge in [0.2, 0.25) is 5.91 Å². The first-order chi connectivity index (χ1) is 11.6. The van der Waals surface area contributed by atoms with Gasteiger partial charge in [-0.2, -0.15) is 0 Å². The van der Waals surface area contributed by atoms with Crippen LogP contribution in [0, 0.1) is 5.92 Å². The number of nitrogens with one attached hydrogen (secondary N) is 1. The van der Waals surface area contributed by atoms with Crippen LogP contribution in [0.1, 0.15) is 12.8 Å². The first-order valence-electron chi connectivity index (χ1n) is 8.56. The van der Waals surface area contributed by atoms with E-state index >= 15 is 0 Å². The van der Waals surface area contributed by atoms with Crippen molar-refractivity contribution in [3.05, 3.63) is 29.3 Å². The van der Waals surface area contributed by atoms with Crippen molar-refractivity contribution in [2.24, 2.45) is 5.92 Å². The van der Waals surface area contributed by atoms with E-state index in [4.69, 9.17) is 16.3 Å². The predicted molar refractivity (Wildman–Crippen MR) is 97.7 cm³/mol. The Labute approximate surface area is 149 Å². The van der Waals surface area contributed by atoms with E-state index in [-0.39, 0.29) is 5.91 Å². The third kappa shape index (κ3) is 6.67. The fraction of sp³-hybridized carbons (Fsp3) is 0.611. The highest BCUT2D eigenvalue weighted by Crippen LogP contribution is 2.18. The van der Waals surface area contributed by atoms with Crippen LogP contribution in [-0.2, 0) is 4.79 Å². The molecule has 0 aliphatic carbocycles. The van der Waals surface area contributed by atoms with Crippen LogP contribution in [0.2, 0.25) is 5.02 Å². The highest BCUT2D eigenvalue weighted by molar-refractivity contribution is 6.30. The van der Waals surface area contributed by atoms with Gasteiger partial charge in [-0.15, -0.1) is 0 Å². The number of likely N-dealkylation sites (N-methyl/N-ethyl adjacent to an activating group) is 2. The standard InChI is InChI=1S/C18H28ClN3O2/c1-20-18(23)14-22-9-7-15(8-10-22)13-21(2)11-12-24-17-5-3-16(19)4-6-17/h3-6,15H,7-14H2,1-2H3,(H,20,23). The van der Waals surface area contributed by atoms with E-state index in [9.17, 15) is 4.79 Å². The van der Waals surface area contributed by atoms with Crippen molar-refractivity contribution in [2.75, 3.05) is 53.4 Å². The Morgan fingerprint density at radius 3 is 2.62 bits per heavy atom. The molecular formula is C18H28ClN3O2. The Morgan fingerprint density at radius 1 is 1.33 bits per heavy atom. The molecule has 134 valence electrons. The van der Waals surface area contributed by atoms with Gasteiger partial charge in [-0.05, 0) is 63.2 Å². The zero-order valence-corrected chi connectivity index (χ0v) is 15.4. The Balaban J connectivity index is 1.60. The third-order valence-corrected chi connectivity index (χ3v) is 4.73. The second-order valence-electron chi connectivity index (χ2n) is 6.46. The summed E-state index contributed by atoms with van der Waals surface area (Å²) >= 11 is 5.86. The summed E-state index contributed by atoms with van der Waals surface area (Å²) in [7, 11) is 3.83. The van der Waals surface area contributed by atoms with Gasteiger partial charge in [0, 0.05) is 25.2 Å². The molecule has 0 unspecified atom stereocenters. The molecule has 1 aliphatic heterocycles. The number of carbonyl (C=O) groups excluding carboxylic acids is 1. The molecule has 1 aromatic rings. The van der Waals surface area contributed by atoms with Gasteiger partial charge in [0.05, 0.1) is 6.54 Å². The molecule has 0 saturated carbocycles. The third-order valence-electron chi connectivity index (χ3n) is 4.48. The number of amides is 1. The average molecular weight is 354 g/mol. The number of likely N-dealkylation sites (tertiary alicyclic amines) is 1. The van der Waals surface area contributed by atoms with Gasteiger partial charge in [-0.3, -0.25) is 9.69 Å². The maximum absolute atomic E-state index is 11.4. The molecule has 0 radical (unpaired) electrons. The molecule has 6 heteroatoms. The first-order valence-corrected chi connectivity index (χ1v) is 8.94. The summed E-state index contributed by atoms with van der Waals surface area (Å²) in [5.41, 5.74) is 0. The van der Waals surface area contributed by atoms with E-state index in [2.05, 4.69) is 22.2 Å². The lowest BCUT2D eigenvalue weighted by Gasteiger charge is -2.33. The SMILES string of the molecule is CNC(=O)CN1CCC(CN(C)CCOc2ccc(Cl)cc2)CC1. The van der Waals surface area contributed by atoms with Crippen molar-refractivity contribution in [1.29, 1.82) is 0 Å². The van der Waals surface area contributed by atoms with Crippen LogP contribution >= 0.6 is 11.6 Å². The van der Waals surface area contributed by atoms with E-state index in [1.165, 1.54) is 0 Å². The van der Waals surface area contributed by atoms with E-state index < -0.39 is 0 Å².